The predicted octanol–water partition coefficient (Wildman–Crippen LogP) is 3.86. The van der Waals surface area contributed by atoms with Crippen LogP contribution in [0, 0.1) is 0 Å². The summed E-state index contributed by atoms with van der Waals surface area (Å²) >= 11 is 5.81. The molecule has 0 radical (unpaired) electrons. The van der Waals surface area contributed by atoms with E-state index in [-0.39, 0.29) is 11.1 Å². The van der Waals surface area contributed by atoms with E-state index in [9.17, 15) is 0 Å². The molecule has 0 spiro atoms. The number of nitrogens with one attached hydrogen (secondary N) is 2. The summed E-state index contributed by atoms with van der Waals surface area (Å²) in [5.41, 5.74) is 1.27. The second-order valence-electron chi connectivity index (χ2n) is 8.74. The first-order valence-electron chi connectivity index (χ1n) is 9.49. The smallest absolute Gasteiger partial charge is 0.169 e. The lowest BCUT2D eigenvalue weighted by Gasteiger charge is -2.47. The molecule has 2 aromatic heterocycles. The van der Waals surface area contributed by atoms with Crippen molar-refractivity contribution in [3.05, 3.63) is 54.2 Å². The second-order valence-corrected chi connectivity index (χ2v) is 9.13. The number of furan rings is 1. The van der Waals surface area contributed by atoms with Gasteiger partial charge in [0.25, 0.3) is 0 Å². The highest BCUT2D eigenvalue weighted by atomic mass is 32.1. The van der Waals surface area contributed by atoms with Gasteiger partial charge in [-0.3, -0.25) is 4.98 Å². The summed E-state index contributed by atoms with van der Waals surface area (Å²) in [6, 6.07) is 8.24. The van der Waals surface area contributed by atoms with E-state index in [1.807, 2.05) is 24.4 Å². The van der Waals surface area contributed by atoms with Gasteiger partial charge in [0.15, 0.2) is 5.11 Å². The lowest BCUT2D eigenvalue weighted by molar-refractivity contribution is 0.153. The standard InChI is InChI=1S/C21H30N4OS/c1-20(2)11-17(12-21(3,4)24-20)23-19(27)25(15-18-8-6-10-26-18)14-16-7-5-9-22-13-16/h5-10,13,17,24H,11-12,14-15H2,1-4H3,(H,23,27). The van der Waals surface area contributed by atoms with Gasteiger partial charge in [-0.1, -0.05) is 6.07 Å². The fourth-order valence-corrected chi connectivity index (χ4v) is 4.49. The Morgan fingerprint density at radius 2 is 1.96 bits per heavy atom. The quantitative estimate of drug-likeness (QED) is 0.761. The van der Waals surface area contributed by atoms with Crippen molar-refractivity contribution in [2.75, 3.05) is 0 Å². The Balaban J connectivity index is 1.72. The van der Waals surface area contributed by atoms with Crippen molar-refractivity contribution in [1.29, 1.82) is 0 Å². The number of hydrogen-bond acceptors (Lipinski definition) is 4. The first-order valence-corrected chi connectivity index (χ1v) is 9.89. The van der Waals surface area contributed by atoms with Crippen LogP contribution in [0.5, 0.6) is 0 Å². The Kier molecular flexibility index (Phi) is 5.86. The molecule has 27 heavy (non-hydrogen) atoms. The maximum absolute atomic E-state index is 5.81. The van der Waals surface area contributed by atoms with Crippen LogP contribution in [0.1, 0.15) is 51.9 Å². The molecule has 0 bridgehead atoms. The molecular weight excluding hydrogens is 356 g/mol. The minimum absolute atomic E-state index is 0.0736. The average Bonchev–Trinajstić information content (AvgIpc) is 3.05. The molecule has 0 saturated carbocycles. The maximum Gasteiger partial charge on any atom is 0.169 e. The van der Waals surface area contributed by atoms with Gasteiger partial charge in [-0.25, -0.2) is 0 Å². The monoisotopic (exact) mass is 386 g/mol. The molecule has 0 amide bonds. The second kappa shape index (κ2) is 7.98. The molecule has 0 aromatic carbocycles. The molecule has 0 unspecified atom stereocenters. The van der Waals surface area contributed by atoms with Gasteiger partial charge in [0.05, 0.1) is 12.8 Å². The van der Waals surface area contributed by atoms with Crippen LogP contribution in [-0.2, 0) is 13.1 Å². The van der Waals surface area contributed by atoms with Crippen molar-refractivity contribution in [2.24, 2.45) is 0 Å². The summed E-state index contributed by atoms with van der Waals surface area (Å²) in [6.07, 6.45) is 7.42. The van der Waals surface area contributed by atoms with Crippen molar-refractivity contribution >= 4 is 17.3 Å². The number of thiocarbonyl (C=S) groups is 1. The van der Waals surface area contributed by atoms with Gasteiger partial charge in [-0.2, -0.15) is 0 Å². The summed E-state index contributed by atoms with van der Waals surface area (Å²) in [6.45, 7) is 10.3. The summed E-state index contributed by atoms with van der Waals surface area (Å²) in [7, 11) is 0. The molecule has 0 aliphatic carbocycles. The van der Waals surface area contributed by atoms with Crippen molar-refractivity contribution in [1.82, 2.24) is 20.5 Å². The largest absolute Gasteiger partial charge is 0.467 e. The van der Waals surface area contributed by atoms with Crippen LogP contribution >= 0.6 is 12.2 Å². The average molecular weight is 387 g/mol. The zero-order chi connectivity index (χ0) is 19.5. The SMILES string of the molecule is CC1(C)CC(NC(=S)N(Cc2cccnc2)Cc2ccco2)CC(C)(C)N1. The van der Waals surface area contributed by atoms with Gasteiger partial charge in [0, 0.05) is 36.1 Å². The third-order valence-corrected chi connectivity index (χ3v) is 5.20. The summed E-state index contributed by atoms with van der Waals surface area (Å²) in [4.78, 5) is 6.37. The lowest BCUT2D eigenvalue weighted by atomic mass is 9.80. The van der Waals surface area contributed by atoms with E-state index >= 15 is 0 Å². The fourth-order valence-electron chi connectivity index (χ4n) is 4.19. The van der Waals surface area contributed by atoms with Crippen LogP contribution in [-0.4, -0.2) is 32.1 Å². The minimum atomic E-state index is 0.0736. The highest BCUT2D eigenvalue weighted by molar-refractivity contribution is 7.80. The summed E-state index contributed by atoms with van der Waals surface area (Å²) in [5, 5.41) is 8.10. The first kappa shape index (κ1) is 19.8. The molecule has 146 valence electrons. The molecule has 1 saturated heterocycles. The third-order valence-electron chi connectivity index (χ3n) is 4.83. The summed E-state index contributed by atoms with van der Waals surface area (Å²) < 4.78 is 5.55. The Morgan fingerprint density at radius 3 is 2.56 bits per heavy atom. The van der Waals surface area contributed by atoms with E-state index in [2.05, 4.69) is 54.3 Å². The van der Waals surface area contributed by atoms with Crippen LogP contribution in [0.2, 0.25) is 0 Å². The Hall–Kier alpha value is -1.92. The molecule has 1 aliphatic rings. The number of rotatable bonds is 5. The van der Waals surface area contributed by atoms with Crippen LogP contribution in [0.4, 0.5) is 0 Å². The van der Waals surface area contributed by atoms with Crippen LogP contribution in [0.25, 0.3) is 0 Å². The van der Waals surface area contributed by atoms with Gasteiger partial charge < -0.3 is 20.0 Å². The number of piperidine rings is 1. The highest BCUT2D eigenvalue weighted by Gasteiger charge is 2.38. The lowest BCUT2D eigenvalue weighted by Crippen LogP contribution is -2.62. The van der Waals surface area contributed by atoms with Gasteiger partial charge in [-0.05, 0) is 76.5 Å². The number of hydrogen-bond donors (Lipinski definition) is 2. The van der Waals surface area contributed by atoms with Gasteiger partial charge in [0.2, 0.25) is 0 Å². The van der Waals surface area contributed by atoms with Crippen molar-refractivity contribution in [3.63, 3.8) is 0 Å². The van der Waals surface area contributed by atoms with Gasteiger partial charge in [0.1, 0.15) is 5.76 Å². The van der Waals surface area contributed by atoms with E-state index in [4.69, 9.17) is 16.6 Å². The van der Waals surface area contributed by atoms with Crippen molar-refractivity contribution in [3.8, 4) is 0 Å². The van der Waals surface area contributed by atoms with Crippen molar-refractivity contribution in [2.45, 2.75) is 70.7 Å². The molecule has 5 nitrogen and oxygen atoms in total. The van der Waals surface area contributed by atoms with Gasteiger partial charge in [-0.15, -0.1) is 0 Å². The molecule has 1 aliphatic heterocycles. The Morgan fingerprint density at radius 1 is 1.22 bits per heavy atom. The minimum Gasteiger partial charge on any atom is -0.467 e. The zero-order valence-corrected chi connectivity index (χ0v) is 17.5. The number of aromatic nitrogens is 1. The maximum atomic E-state index is 5.81. The number of pyridine rings is 1. The van der Waals surface area contributed by atoms with Crippen molar-refractivity contribution < 1.29 is 4.42 Å². The number of nitrogens with zero attached hydrogens (tertiary/aromatic N) is 2. The molecule has 3 rings (SSSR count). The molecule has 2 N–H and O–H groups in total. The predicted molar refractivity (Wildman–Crippen MR) is 112 cm³/mol. The third kappa shape index (κ3) is 5.78. The molecule has 1 fully saturated rings. The first-order chi connectivity index (χ1) is 12.7. The van der Waals surface area contributed by atoms with Gasteiger partial charge >= 0.3 is 0 Å². The molecular formula is C21H30N4OS. The van der Waals surface area contributed by atoms with E-state index in [1.165, 1.54) is 0 Å². The van der Waals surface area contributed by atoms with Crippen LogP contribution in [0.15, 0.2) is 47.3 Å². The molecule has 3 heterocycles. The van der Waals surface area contributed by atoms with E-state index < -0.39 is 0 Å². The van der Waals surface area contributed by atoms with E-state index in [0.29, 0.717) is 19.1 Å². The highest BCUT2D eigenvalue weighted by Crippen LogP contribution is 2.28. The zero-order valence-electron chi connectivity index (χ0n) is 16.7. The summed E-state index contributed by atoms with van der Waals surface area (Å²) in [5.74, 6) is 0.897. The Labute approximate surface area is 167 Å². The normalized spacial score (nSPS) is 18.8. The molecule has 6 heteroatoms. The molecule has 0 atom stereocenters. The van der Waals surface area contributed by atoms with Crippen LogP contribution in [0.3, 0.4) is 0 Å². The van der Waals surface area contributed by atoms with E-state index in [0.717, 1.165) is 29.3 Å². The Bertz CT molecular complexity index is 727. The fraction of sp³-hybridized carbons (Fsp3) is 0.524. The van der Waals surface area contributed by atoms with E-state index in [1.54, 1.807) is 12.5 Å². The molecule has 2 aromatic rings. The van der Waals surface area contributed by atoms with Crippen LogP contribution < -0.4 is 10.6 Å². The topological polar surface area (TPSA) is 53.3 Å².